The summed E-state index contributed by atoms with van der Waals surface area (Å²) in [6.07, 6.45) is 3.82. The van der Waals surface area contributed by atoms with Crippen LogP contribution in [0, 0.1) is 0 Å². The lowest BCUT2D eigenvalue weighted by Gasteiger charge is -2.36. The molecule has 16 heavy (non-hydrogen) atoms. The lowest BCUT2D eigenvalue weighted by molar-refractivity contribution is -0.451. The van der Waals surface area contributed by atoms with E-state index < -0.39 is 11.4 Å². The van der Waals surface area contributed by atoms with Crippen LogP contribution in [0.5, 0.6) is 0 Å². The topological polar surface area (TPSA) is 27.7 Å². The Balaban J connectivity index is 2.36. The van der Waals surface area contributed by atoms with Gasteiger partial charge in [-0.05, 0) is 26.0 Å². The maximum Gasteiger partial charge on any atom is 0.246 e. The Labute approximate surface area is 95.6 Å². The molecule has 2 rings (SSSR count). The first kappa shape index (κ1) is 11.3. The lowest BCUT2D eigenvalue weighted by Crippen LogP contribution is -2.39. The highest BCUT2D eigenvalue weighted by molar-refractivity contribution is 5.26. The monoisotopic (exact) mass is 220 g/mol. The van der Waals surface area contributed by atoms with E-state index in [-0.39, 0.29) is 0 Å². The van der Waals surface area contributed by atoms with Gasteiger partial charge in [0.25, 0.3) is 0 Å². The molecule has 86 valence electrons. The first-order valence-corrected chi connectivity index (χ1v) is 5.26. The second-order valence-corrected chi connectivity index (χ2v) is 4.34. The van der Waals surface area contributed by atoms with Crippen molar-refractivity contribution in [1.82, 2.24) is 0 Å². The van der Waals surface area contributed by atoms with E-state index in [1.165, 1.54) is 0 Å². The Morgan fingerprint density at radius 2 is 1.69 bits per heavy atom. The van der Waals surface area contributed by atoms with Gasteiger partial charge in [-0.25, -0.2) is 4.89 Å². The molecular formula is C13H16O3. The van der Waals surface area contributed by atoms with Gasteiger partial charge in [0, 0.05) is 12.7 Å². The van der Waals surface area contributed by atoms with Crippen LogP contribution >= 0.6 is 0 Å². The summed E-state index contributed by atoms with van der Waals surface area (Å²) in [4.78, 5) is 10.7. The molecule has 1 aromatic carbocycles. The molecule has 0 amide bonds. The van der Waals surface area contributed by atoms with E-state index in [0.717, 1.165) is 5.56 Å². The zero-order chi connectivity index (χ0) is 11.6. The number of hydrogen-bond acceptors (Lipinski definition) is 3. The van der Waals surface area contributed by atoms with E-state index in [1.54, 1.807) is 7.11 Å². The van der Waals surface area contributed by atoms with Crippen molar-refractivity contribution in [2.75, 3.05) is 7.11 Å². The minimum absolute atomic E-state index is 0.420. The molecule has 0 fully saturated rings. The molecule has 0 saturated carbocycles. The molecule has 1 aliphatic heterocycles. The summed E-state index contributed by atoms with van der Waals surface area (Å²) in [5.41, 5.74) is 0.487. The minimum Gasteiger partial charge on any atom is -0.344 e. The van der Waals surface area contributed by atoms with E-state index in [1.807, 2.05) is 56.3 Å². The van der Waals surface area contributed by atoms with Crippen LogP contribution in [0.25, 0.3) is 0 Å². The average molecular weight is 220 g/mol. The molecule has 1 heterocycles. The van der Waals surface area contributed by atoms with Gasteiger partial charge in [0.15, 0.2) is 0 Å². The molecular weight excluding hydrogens is 204 g/mol. The molecule has 0 aromatic heterocycles. The Morgan fingerprint density at radius 3 is 2.19 bits per heavy atom. The molecule has 0 saturated heterocycles. The fraction of sp³-hybridized carbons (Fsp3) is 0.385. The molecule has 3 nitrogen and oxygen atoms in total. The molecule has 0 N–H and O–H groups in total. The summed E-state index contributed by atoms with van der Waals surface area (Å²) in [6.45, 7) is 3.85. The first-order chi connectivity index (χ1) is 7.58. The molecule has 1 aromatic rings. The van der Waals surface area contributed by atoms with Gasteiger partial charge in [-0.1, -0.05) is 30.3 Å². The van der Waals surface area contributed by atoms with Gasteiger partial charge in [-0.15, -0.1) is 0 Å². The van der Waals surface area contributed by atoms with E-state index in [4.69, 9.17) is 14.5 Å². The average Bonchev–Trinajstić information content (AvgIpc) is 2.31. The maximum absolute atomic E-state index is 5.42. The molecule has 3 heteroatoms. The fourth-order valence-electron chi connectivity index (χ4n) is 1.57. The predicted octanol–water partition coefficient (Wildman–Crippen LogP) is 2.78. The van der Waals surface area contributed by atoms with Gasteiger partial charge in [0.2, 0.25) is 5.79 Å². The molecule has 0 unspecified atom stereocenters. The van der Waals surface area contributed by atoms with E-state index in [2.05, 4.69) is 0 Å². The molecule has 1 atom stereocenters. The minimum atomic E-state index is -0.934. The third kappa shape index (κ3) is 2.02. The van der Waals surface area contributed by atoms with Crippen LogP contribution in [0.3, 0.4) is 0 Å². The maximum atomic E-state index is 5.42. The van der Waals surface area contributed by atoms with Crippen molar-refractivity contribution in [3.8, 4) is 0 Å². The second kappa shape index (κ2) is 4.01. The van der Waals surface area contributed by atoms with Gasteiger partial charge >= 0.3 is 0 Å². The van der Waals surface area contributed by atoms with Gasteiger partial charge in [0.1, 0.15) is 5.60 Å². The smallest absolute Gasteiger partial charge is 0.246 e. The summed E-state index contributed by atoms with van der Waals surface area (Å²) in [5.74, 6) is -0.934. The molecule has 0 aliphatic carbocycles. The van der Waals surface area contributed by atoms with Crippen LogP contribution < -0.4 is 0 Å². The van der Waals surface area contributed by atoms with E-state index in [9.17, 15) is 0 Å². The quantitative estimate of drug-likeness (QED) is 0.566. The van der Waals surface area contributed by atoms with E-state index >= 15 is 0 Å². The summed E-state index contributed by atoms with van der Waals surface area (Å²) in [7, 11) is 1.60. The highest BCUT2D eigenvalue weighted by Crippen LogP contribution is 2.35. The zero-order valence-electron chi connectivity index (χ0n) is 9.77. The van der Waals surface area contributed by atoms with Crippen LogP contribution in [0.2, 0.25) is 0 Å². The number of benzene rings is 1. The fourth-order valence-corrected chi connectivity index (χ4v) is 1.57. The predicted molar refractivity (Wildman–Crippen MR) is 60.5 cm³/mol. The van der Waals surface area contributed by atoms with Crippen LogP contribution in [0.1, 0.15) is 19.4 Å². The van der Waals surface area contributed by atoms with Crippen molar-refractivity contribution in [2.24, 2.45) is 0 Å². The summed E-state index contributed by atoms with van der Waals surface area (Å²) in [5, 5.41) is 0. The molecule has 0 radical (unpaired) electrons. The van der Waals surface area contributed by atoms with Crippen molar-refractivity contribution in [1.29, 1.82) is 0 Å². The number of methoxy groups -OCH3 is 1. The van der Waals surface area contributed by atoms with Crippen molar-refractivity contribution in [2.45, 2.75) is 25.2 Å². The van der Waals surface area contributed by atoms with Crippen molar-refractivity contribution in [3.05, 3.63) is 48.0 Å². The highest BCUT2D eigenvalue weighted by Gasteiger charge is 2.38. The standard InChI is InChI=1S/C13H16O3/c1-12(2)9-10-13(14-3,16-15-12)11-7-5-4-6-8-11/h4-10H,1-3H3/t13-/m1/s1. The Kier molecular flexibility index (Phi) is 2.84. The van der Waals surface area contributed by atoms with E-state index in [0.29, 0.717) is 0 Å². The van der Waals surface area contributed by atoms with Crippen LogP contribution in [0.4, 0.5) is 0 Å². The Bertz CT molecular complexity index is 383. The number of ether oxygens (including phenoxy) is 1. The molecule has 0 spiro atoms. The van der Waals surface area contributed by atoms with Crippen LogP contribution in [-0.2, 0) is 20.3 Å². The Morgan fingerprint density at radius 1 is 1.00 bits per heavy atom. The second-order valence-electron chi connectivity index (χ2n) is 4.34. The third-order valence-corrected chi connectivity index (χ3v) is 2.56. The number of hydrogen-bond donors (Lipinski definition) is 0. The van der Waals surface area contributed by atoms with Crippen molar-refractivity contribution in [3.63, 3.8) is 0 Å². The van der Waals surface area contributed by atoms with Gasteiger partial charge in [0.05, 0.1) is 0 Å². The SMILES string of the molecule is CO[C@]1(c2ccccc2)C=CC(C)(C)OO1. The van der Waals surface area contributed by atoms with Crippen LogP contribution in [0.15, 0.2) is 42.5 Å². The van der Waals surface area contributed by atoms with Crippen molar-refractivity contribution < 1.29 is 14.5 Å². The van der Waals surface area contributed by atoms with Gasteiger partial charge in [-0.2, -0.15) is 4.89 Å². The van der Waals surface area contributed by atoms with Crippen molar-refractivity contribution >= 4 is 0 Å². The summed E-state index contributed by atoms with van der Waals surface area (Å²) >= 11 is 0. The third-order valence-electron chi connectivity index (χ3n) is 2.56. The zero-order valence-corrected chi connectivity index (χ0v) is 9.77. The summed E-state index contributed by atoms with van der Waals surface area (Å²) in [6, 6.07) is 9.70. The molecule has 1 aliphatic rings. The van der Waals surface area contributed by atoms with Gasteiger partial charge < -0.3 is 4.74 Å². The lowest BCUT2D eigenvalue weighted by atomic mass is 10.0. The largest absolute Gasteiger partial charge is 0.344 e. The van der Waals surface area contributed by atoms with Crippen LogP contribution in [-0.4, -0.2) is 12.7 Å². The Hall–Kier alpha value is -1.16. The highest BCUT2D eigenvalue weighted by atomic mass is 17.2. The molecule has 0 bridgehead atoms. The van der Waals surface area contributed by atoms with Gasteiger partial charge in [-0.3, -0.25) is 0 Å². The number of rotatable bonds is 2. The normalized spacial score (nSPS) is 27.9. The first-order valence-electron chi connectivity index (χ1n) is 5.26. The summed E-state index contributed by atoms with van der Waals surface area (Å²) < 4.78 is 5.42.